The number of aromatic nitrogens is 3. The van der Waals surface area contributed by atoms with Crippen molar-refractivity contribution in [2.45, 2.75) is 39.8 Å². The molecule has 0 fully saturated rings. The number of nitrogens with zero attached hydrogens (tertiary/aromatic N) is 3. The molecule has 3 aromatic rings. The van der Waals surface area contributed by atoms with Crippen molar-refractivity contribution in [3.63, 3.8) is 0 Å². The van der Waals surface area contributed by atoms with Gasteiger partial charge in [0.15, 0.2) is 0 Å². The third kappa shape index (κ3) is 5.69. The minimum absolute atomic E-state index is 0.283. The van der Waals surface area contributed by atoms with Crippen molar-refractivity contribution in [2.75, 3.05) is 6.61 Å². The smallest absolute Gasteiger partial charge is 0.418 e. The number of benzene rings is 2. The summed E-state index contributed by atoms with van der Waals surface area (Å²) in [5, 5.41) is 4.82. The summed E-state index contributed by atoms with van der Waals surface area (Å²) in [7, 11) is -6.00. The van der Waals surface area contributed by atoms with Gasteiger partial charge in [0.05, 0.1) is 6.61 Å². The van der Waals surface area contributed by atoms with E-state index in [0.29, 0.717) is 6.61 Å². The highest BCUT2D eigenvalue weighted by Crippen LogP contribution is 2.21. The number of ether oxygens (including phenoxy) is 1. The van der Waals surface area contributed by atoms with Gasteiger partial charge in [0, 0.05) is 11.5 Å². The lowest BCUT2D eigenvalue weighted by molar-refractivity contribution is -0.742. The fraction of sp³-hybridized carbons (Fsp3) is 0.333. The van der Waals surface area contributed by atoms with E-state index in [-0.39, 0.29) is 6.04 Å². The molecule has 30 heavy (non-hydrogen) atoms. The van der Waals surface area contributed by atoms with Crippen molar-refractivity contribution in [1.82, 2.24) is 9.78 Å². The second kappa shape index (κ2) is 8.99. The third-order valence-corrected chi connectivity index (χ3v) is 4.87. The molecule has 4 nitrogen and oxygen atoms in total. The van der Waals surface area contributed by atoms with Crippen molar-refractivity contribution in [2.24, 2.45) is 0 Å². The van der Waals surface area contributed by atoms with E-state index in [1.54, 1.807) is 0 Å². The van der Waals surface area contributed by atoms with E-state index in [0.717, 1.165) is 18.9 Å². The molecule has 0 aliphatic carbocycles. The molecule has 2 aromatic carbocycles. The van der Waals surface area contributed by atoms with E-state index in [2.05, 4.69) is 74.1 Å². The van der Waals surface area contributed by atoms with E-state index >= 15 is 0 Å². The van der Waals surface area contributed by atoms with Crippen LogP contribution >= 0.6 is 0 Å². The van der Waals surface area contributed by atoms with Crippen LogP contribution in [0.15, 0.2) is 48.8 Å². The maximum atomic E-state index is 9.75. The van der Waals surface area contributed by atoms with Gasteiger partial charge < -0.3 is 22.0 Å². The molecule has 1 aromatic heterocycles. The highest BCUT2D eigenvalue weighted by molar-refractivity contribution is 6.50. The minimum atomic E-state index is -6.00. The highest BCUT2D eigenvalue weighted by atomic mass is 19.5. The summed E-state index contributed by atoms with van der Waals surface area (Å²) in [4.78, 5) is 0. The van der Waals surface area contributed by atoms with E-state index in [1.807, 2.05) is 4.68 Å². The van der Waals surface area contributed by atoms with Crippen LogP contribution in [0.3, 0.4) is 0 Å². The molecule has 0 saturated carbocycles. The first-order valence-electron chi connectivity index (χ1n) is 9.68. The molecule has 0 N–H and O–H groups in total. The van der Waals surface area contributed by atoms with Crippen LogP contribution in [0.25, 0.3) is 5.69 Å². The monoisotopic (exact) mass is 421 g/mol. The standard InChI is InChI=1S/C21H24N3O.BF4/c1-15-9-16(2)21(17(3)10-15)24-14-23-19(12-25-13-20(23)22-24)11-18-7-5-4-6-8-18;2-1(3,4)5/h4-10,14,19H,11-13H2,1-3H3;/q+1;-1/t19-;/m0./s1. The van der Waals surface area contributed by atoms with Crippen molar-refractivity contribution in [3.05, 3.63) is 76.9 Å². The fourth-order valence-electron chi connectivity index (χ4n) is 3.85. The molecular weight excluding hydrogens is 397 g/mol. The summed E-state index contributed by atoms with van der Waals surface area (Å²) >= 11 is 0. The Morgan fingerprint density at radius 2 is 1.67 bits per heavy atom. The normalized spacial score (nSPS) is 15.9. The van der Waals surface area contributed by atoms with Gasteiger partial charge in [0.2, 0.25) is 6.33 Å². The average molecular weight is 421 g/mol. The van der Waals surface area contributed by atoms with Crippen LogP contribution in [-0.4, -0.2) is 23.6 Å². The number of hydrogen-bond donors (Lipinski definition) is 0. The van der Waals surface area contributed by atoms with Crippen LogP contribution in [0, 0.1) is 20.8 Å². The second-order valence-electron chi connectivity index (χ2n) is 7.48. The summed E-state index contributed by atoms with van der Waals surface area (Å²) < 4.78 is 49.1. The lowest BCUT2D eigenvalue weighted by Crippen LogP contribution is -2.48. The quantitative estimate of drug-likeness (QED) is 0.349. The molecule has 4 rings (SSSR count). The number of aryl methyl sites for hydroxylation is 3. The van der Waals surface area contributed by atoms with Crippen LogP contribution in [0.1, 0.15) is 34.1 Å². The zero-order chi connectivity index (χ0) is 21.9. The molecule has 9 heteroatoms. The van der Waals surface area contributed by atoms with Crippen molar-refractivity contribution >= 4 is 7.25 Å². The Morgan fingerprint density at radius 3 is 2.27 bits per heavy atom. The van der Waals surface area contributed by atoms with Crippen LogP contribution in [-0.2, 0) is 17.8 Å². The lowest BCUT2D eigenvalue weighted by atomic mass is 10.1. The van der Waals surface area contributed by atoms with Gasteiger partial charge in [-0.3, -0.25) is 0 Å². The predicted molar refractivity (Wildman–Crippen MR) is 107 cm³/mol. The summed E-state index contributed by atoms with van der Waals surface area (Å²) in [6, 6.07) is 15.3. The van der Waals surface area contributed by atoms with Gasteiger partial charge in [-0.2, -0.15) is 0 Å². The Kier molecular flexibility index (Phi) is 6.60. The van der Waals surface area contributed by atoms with Crippen molar-refractivity contribution in [1.29, 1.82) is 0 Å². The number of hydrogen-bond acceptors (Lipinski definition) is 2. The molecule has 0 unspecified atom stereocenters. The van der Waals surface area contributed by atoms with E-state index < -0.39 is 7.25 Å². The fourth-order valence-corrected chi connectivity index (χ4v) is 3.85. The first kappa shape index (κ1) is 22.0. The van der Waals surface area contributed by atoms with Crippen molar-refractivity contribution in [3.8, 4) is 5.69 Å². The van der Waals surface area contributed by atoms with Gasteiger partial charge >= 0.3 is 13.1 Å². The van der Waals surface area contributed by atoms with Gasteiger partial charge in [-0.25, -0.2) is 4.57 Å². The Hall–Kier alpha value is -2.68. The molecule has 1 atom stereocenters. The maximum Gasteiger partial charge on any atom is 0.673 e. The molecule has 0 bridgehead atoms. The van der Waals surface area contributed by atoms with Gasteiger partial charge in [-0.1, -0.05) is 52.7 Å². The molecule has 160 valence electrons. The lowest BCUT2D eigenvalue weighted by Gasteiger charge is -2.19. The topological polar surface area (TPSA) is 30.9 Å². The number of halogens is 4. The zero-order valence-corrected chi connectivity index (χ0v) is 17.2. The Bertz CT molecular complexity index is 976. The summed E-state index contributed by atoms with van der Waals surface area (Å²) in [6.07, 6.45) is 3.09. The average Bonchev–Trinajstić information content (AvgIpc) is 3.05. The largest absolute Gasteiger partial charge is 0.673 e. The maximum absolute atomic E-state index is 9.75. The van der Waals surface area contributed by atoms with Gasteiger partial charge in [-0.05, 0) is 37.5 Å². The first-order valence-corrected chi connectivity index (χ1v) is 9.68. The van der Waals surface area contributed by atoms with E-state index in [1.165, 1.54) is 27.9 Å². The highest BCUT2D eigenvalue weighted by Gasteiger charge is 2.30. The van der Waals surface area contributed by atoms with Gasteiger partial charge in [0.1, 0.15) is 18.3 Å². The molecular formula is C21H24BF4N3O. The Balaban J connectivity index is 0.000000461. The summed E-state index contributed by atoms with van der Waals surface area (Å²) in [6.45, 7) is 7.74. The molecule has 0 radical (unpaired) electrons. The second-order valence-corrected chi connectivity index (χ2v) is 7.48. The zero-order valence-electron chi connectivity index (χ0n) is 17.2. The summed E-state index contributed by atoms with van der Waals surface area (Å²) in [5.74, 6) is 0.992. The molecule has 2 heterocycles. The van der Waals surface area contributed by atoms with Crippen LogP contribution in [0.2, 0.25) is 0 Å². The van der Waals surface area contributed by atoms with Crippen LogP contribution in [0.5, 0.6) is 0 Å². The van der Waals surface area contributed by atoms with E-state index in [9.17, 15) is 17.3 Å². The first-order chi connectivity index (χ1) is 14.1. The van der Waals surface area contributed by atoms with Gasteiger partial charge in [0.25, 0.3) is 0 Å². The number of rotatable bonds is 3. The van der Waals surface area contributed by atoms with Crippen LogP contribution < -0.4 is 4.57 Å². The molecule has 1 aliphatic heterocycles. The molecule has 0 saturated heterocycles. The summed E-state index contributed by atoms with van der Waals surface area (Å²) in [5.41, 5.74) is 6.28. The van der Waals surface area contributed by atoms with Crippen LogP contribution in [0.4, 0.5) is 17.3 Å². The minimum Gasteiger partial charge on any atom is -0.418 e. The number of fused-ring (bicyclic) bond motifs is 1. The Morgan fingerprint density at radius 1 is 1.07 bits per heavy atom. The third-order valence-electron chi connectivity index (χ3n) is 4.87. The molecule has 0 spiro atoms. The predicted octanol–water partition coefficient (Wildman–Crippen LogP) is 4.70. The molecule has 1 aliphatic rings. The Labute approximate surface area is 173 Å². The van der Waals surface area contributed by atoms with E-state index in [4.69, 9.17) is 9.84 Å². The van der Waals surface area contributed by atoms with Crippen molar-refractivity contribution < 1.29 is 26.6 Å². The molecule has 0 amide bonds. The van der Waals surface area contributed by atoms with Gasteiger partial charge in [-0.15, -0.1) is 0 Å². The SMILES string of the molecule is Cc1cc(C)c(-n2c[n+]3c(n2)COC[C@@H]3Cc2ccccc2)c(C)c1.F[B-](F)(F)F.